The van der Waals surface area contributed by atoms with Gasteiger partial charge in [0.15, 0.2) is 0 Å². The van der Waals surface area contributed by atoms with Crippen molar-refractivity contribution in [3.05, 3.63) is 28.8 Å². The molecule has 0 atom stereocenters. The summed E-state index contributed by atoms with van der Waals surface area (Å²) in [6.45, 7) is 1.93. The minimum Gasteiger partial charge on any atom is -0.491 e. The molecule has 7 heteroatoms. The molecule has 0 unspecified atom stereocenters. The molecular formula is C12H12ClF3O3. The molecule has 0 saturated carbocycles. The van der Waals surface area contributed by atoms with E-state index in [9.17, 15) is 18.0 Å². The SMILES string of the molecule is CCOC(=O)CCOc1ccc(C(F)(F)F)cc1Cl. The highest BCUT2D eigenvalue weighted by Crippen LogP contribution is 2.34. The van der Waals surface area contributed by atoms with Crippen molar-refractivity contribution in [2.24, 2.45) is 0 Å². The van der Waals surface area contributed by atoms with E-state index < -0.39 is 17.7 Å². The lowest BCUT2D eigenvalue weighted by Gasteiger charge is -2.11. The van der Waals surface area contributed by atoms with E-state index >= 15 is 0 Å². The largest absolute Gasteiger partial charge is 0.491 e. The van der Waals surface area contributed by atoms with Crippen molar-refractivity contribution < 1.29 is 27.4 Å². The van der Waals surface area contributed by atoms with E-state index in [0.717, 1.165) is 18.2 Å². The maximum absolute atomic E-state index is 12.4. The summed E-state index contributed by atoms with van der Waals surface area (Å²) in [4.78, 5) is 11.0. The fraction of sp³-hybridized carbons (Fsp3) is 0.417. The molecule has 0 fully saturated rings. The average Bonchev–Trinajstić information content (AvgIpc) is 2.30. The number of hydrogen-bond donors (Lipinski definition) is 0. The van der Waals surface area contributed by atoms with Crippen LogP contribution in [0.3, 0.4) is 0 Å². The Hall–Kier alpha value is -1.43. The van der Waals surface area contributed by atoms with Crippen molar-refractivity contribution in [3.63, 3.8) is 0 Å². The molecule has 0 amide bonds. The first-order valence-electron chi connectivity index (χ1n) is 5.49. The Morgan fingerprint density at radius 1 is 1.37 bits per heavy atom. The zero-order valence-electron chi connectivity index (χ0n) is 10.1. The summed E-state index contributed by atoms with van der Waals surface area (Å²) in [6.07, 6.45) is -4.45. The van der Waals surface area contributed by atoms with E-state index in [1.165, 1.54) is 0 Å². The van der Waals surface area contributed by atoms with Crippen LogP contribution in [-0.2, 0) is 15.7 Å². The number of halogens is 4. The molecule has 0 aliphatic heterocycles. The molecule has 1 aromatic carbocycles. The van der Waals surface area contributed by atoms with Gasteiger partial charge in [0.1, 0.15) is 5.75 Å². The summed E-state index contributed by atoms with van der Waals surface area (Å²) < 4.78 is 46.9. The number of benzene rings is 1. The Bertz CT molecular complexity index is 446. The molecule has 0 N–H and O–H groups in total. The van der Waals surface area contributed by atoms with Gasteiger partial charge in [0.05, 0.1) is 30.2 Å². The van der Waals surface area contributed by atoms with Gasteiger partial charge in [-0.15, -0.1) is 0 Å². The normalized spacial score (nSPS) is 11.2. The van der Waals surface area contributed by atoms with Crippen molar-refractivity contribution in [1.29, 1.82) is 0 Å². The van der Waals surface area contributed by atoms with Crippen molar-refractivity contribution in [2.45, 2.75) is 19.5 Å². The first kappa shape index (κ1) is 15.6. The molecule has 0 aliphatic carbocycles. The second-order valence-electron chi connectivity index (χ2n) is 3.55. The van der Waals surface area contributed by atoms with E-state index in [4.69, 9.17) is 16.3 Å². The number of ether oxygens (including phenoxy) is 2. The molecule has 3 nitrogen and oxygen atoms in total. The third-order valence-corrected chi connectivity index (χ3v) is 2.42. The molecule has 106 valence electrons. The number of alkyl halides is 3. The van der Waals surface area contributed by atoms with Crippen LogP contribution < -0.4 is 4.74 Å². The van der Waals surface area contributed by atoms with Crippen LogP contribution in [0.5, 0.6) is 5.75 Å². The number of carbonyl (C=O) groups is 1. The predicted molar refractivity (Wildman–Crippen MR) is 63.2 cm³/mol. The number of hydrogen-bond acceptors (Lipinski definition) is 3. The van der Waals surface area contributed by atoms with Crippen LogP contribution in [0.2, 0.25) is 5.02 Å². The fourth-order valence-corrected chi connectivity index (χ4v) is 1.51. The quantitative estimate of drug-likeness (QED) is 0.777. The summed E-state index contributed by atoms with van der Waals surface area (Å²) >= 11 is 5.67. The summed E-state index contributed by atoms with van der Waals surface area (Å²) in [5, 5.41) is -0.154. The third kappa shape index (κ3) is 4.98. The van der Waals surface area contributed by atoms with E-state index in [2.05, 4.69) is 4.74 Å². The Labute approximate surface area is 113 Å². The van der Waals surface area contributed by atoms with Gasteiger partial charge in [-0.05, 0) is 25.1 Å². The van der Waals surface area contributed by atoms with Crippen LogP contribution in [0, 0.1) is 0 Å². The lowest BCUT2D eigenvalue weighted by atomic mass is 10.2. The number of rotatable bonds is 5. The lowest BCUT2D eigenvalue weighted by molar-refractivity contribution is -0.143. The van der Waals surface area contributed by atoms with Crippen LogP contribution >= 0.6 is 11.6 Å². The highest BCUT2D eigenvalue weighted by molar-refractivity contribution is 6.32. The van der Waals surface area contributed by atoms with Gasteiger partial charge in [-0.25, -0.2) is 0 Å². The molecule has 0 heterocycles. The molecule has 1 aromatic rings. The lowest BCUT2D eigenvalue weighted by Crippen LogP contribution is -2.10. The standard InChI is InChI=1S/C12H12ClF3O3/c1-2-18-11(17)5-6-19-10-4-3-8(7-9(10)13)12(14,15)16/h3-4,7H,2,5-6H2,1H3. The molecule has 0 spiro atoms. The molecule has 0 aliphatic rings. The van der Waals surface area contributed by atoms with Gasteiger partial charge in [-0.2, -0.15) is 13.2 Å². The van der Waals surface area contributed by atoms with Gasteiger partial charge in [0, 0.05) is 0 Å². The van der Waals surface area contributed by atoms with Gasteiger partial charge < -0.3 is 9.47 Å². The van der Waals surface area contributed by atoms with Gasteiger partial charge in [0.25, 0.3) is 0 Å². The molecular weight excluding hydrogens is 285 g/mol. The average molecular weight is 297 g/mol. The summed E-state index contributed by atoms with van der Waals surface area (Å²) in [7, 11) is 0. The predicted octanol–water partition coefficient (Wildman–Crippen LogP) is 3.69. The fourth-order valence-electron chi connectivity index (χ4n) is 1.27. The second-order valence-corrected chi connectivity index (χ2v) is 3.95. The van der Waals surface area contributed by atoms with Gasteiger partial charge in [-0.3, -0.25) is 4.79 Å². The summed E-state index contributed by atoms with van der Waals surface area (Å²) in [5.74, 6) is -0.343. The molecule has 0 aromatic heterocycles. The van der Waals surface area contributed by atoms with E-state index in [-0.39, 0.29) is 30.4 Å². The van der Waals surface area contributed by atoms with Gasteiger partial charge >= 0.3 is 12.1 Å². The maximum atomic E-state index is 12.4. The highest BCUT2D eigenvalue weighted by atomic mass is 35.5. The summed E-state index contributed by atoms with van der Waals surface area (Å²) in [5.41, 5.74) is -0.852. The smallest absolute Gasteiger partial charge is 0.416 e. The Kier molecular flexibility index (Phi) is 5.47. The van der Waals surface area contributed by atoms with Crippen LogP contribution in [-0.4, -0.2) is 19.2 Å². The van der Waals surface area contributed by atoms with Gasteiger partial charge in [-0.1, -0.05) is 11.6 Å². The topological polar surface area (TPSA) is 35.5 Å². The van der Waals surface area contributed by atoms with Crippen molar-refractivity contribution >= 4 is 17.6 Å². The molecule has 0 saturated heterocycles. The Balaban J connectivity index is 2.58. The van der Waals surface area contributed by atoms with Gasteiger partial charge in [0.2, 0.25) is 0 Å². The van der Waals surface area contributed by atoms with E-state index in [1.54, 1.807) is 6.92 Å². The van der Waals surface area contributed by atoms with Crippen molar-refractivity contribution in [2.75, 3.05) is 13.2 Å². The number of carbonyl (C=O) groups excluding carboxylic acids is 1. The Morgan fingerprint density at radius 3 is 2.58 bits per heavy atom. The monoisotopic (exact) mass is 296 g/mol. The minimum atomic E-state index is -4.45. The van der Waals surface area contributed by atoms with Crippen LogP contribution in [0.15, 0.2) is 18.2 Å². The molecule has 1 rings (SSSR count). The van der Waals surface area contributed by atoms with Crippen LogP contribution in [0.25, 0.3) is 0 Å². The zero-order chi connectivity index (χ0) is 14.5. The van der Waals surface area contributed by atoms with E-state index in [0.29, 0.717) is 0 Å². The first-order valence-corrected chi connectivity index (χ1v) is 5.87. The van der Waals surface area contributed by atoms with Crippen molar-refractivity contribution in [3.8, 4) is 5.75 Å². The third-order valence-electron chi connectivity index (χ3n) is 2.13. The van der Waals surface area contributed by atoms with Crippen molar-refractivity contribution in [1.82, 2.24) is 0 Å². The minimum absolute atomic E-state index is 0.00515. The van der Waals surface area contributed by atoms with E-state index in [1.807, 2.05) is 0 Å². The molecule has 19 heavy (non-hydrogen) atoms. The Morgan fingerprint density at radius 2 is 2.05 bits per heavy atom. The number of esters is 1. The maximum Gasteiger partial charge on any atom is 0.416 e. The van der Waals surface area contributed by atoms with Crippen LogP contribution in [0.1, 0.15) is 18.9 Å². The summed E-state index contributed by atoms with van der Waals surface area (Å²) in [6, 6.07) is 2.77. The van der Waals surface area contributed by atoms with Crippen LogP contribution in [0.4, 0.5) is 13.2 Å². The molecule has 0 radical (unpaired) electrons. The first-order chi connectivity index (χ1) is 8.84. The highest BCUT2D eigenvalue weighted by Gasteiger charge is 2.31. The second kappa shape index (κ2) is 6.65. The zero-order valence-corrected chi connectivity index (χ0v) is 10.8. The molecule has 0 bridgehead atoms.